The van der Waals surface area contributed by atoms with Gasteiger partial charge in [0.15, 0.2) is 0 Å². The number of carbonyl (C=O) groups is 2. The van der Waals surface area contributed by atoms with Crippen LogP contribution in [0.15, 0.2) is 5.51 Å². The standard InChI is InChI=1S/C12H18N2O3S/c1-3-4-5-6-9(12(16)17)14-11(15)10-8(2)13-7-18-10/h7,9H,3-6H2,1-2H3,(H,14,15)(H,16,17)/t9-/m0/s1. The van der Waals surface area contributed by atoms with Crippen molar-refractivity contribution in [2.45, 2.75) is 45.6 Å². The third kappa shape index (κ3) is 4.10. The fraction of sp³-hybridized carbons (Fsp3) is 0.583. The zero-order valence-electron chi connectivity index (χ0n) is 10.6. The van der Waals surface area contributed by atoms with Gasteiger partial charge in [-0.15, -0.1) is 11.3 Å². The van der Waals surface area contributed by atoms with Crippen molar-refractivity contribution in [3.8, 4) is 0 Å². The monoisotopic (exact) mass is 270 g/mol. The van der Waals surface area contributed by atoms with Crippen LogP contribution in [0.5, 0.6) is 0 Å². The largest absolute Gasteiger partial charge is 0.480 e. The van der Waals surface area contributed by atoms with Crippen molar-refractivity contribution < 1.29 is 14.7 Å². The number of thiazole rings is 1. The summed E-state index contributed by atoms with van der Waals surface area (Å²) in [4.78, 5) is 27.4. The Labute approximate surface area is 110 Å². The van der Waals surface area contributed by atoms with Crippen LogP contribution < -0.4 is 5.32 Å². The van der Waals surface area contributed by atoms with Gasteiger partial charge in [0.25, 0.3) is 5.91 Å². The number of aliphatic carboxylic acids is 1. The first kappa shape index (κ1) is 14.6. The average molecular weight is 270 g/mol. The lowest BCUT2D eigenvalue weighted by Crippen LogP contribution is -2.40. The Bertz CT molecular complexity index is 417. The smallest absolute Gasteiger partial charge is 0.326 e. The molecule has 0 saturated heterocycles. The molecule has 1 heterocycles. The molecule has 18 heavy (non-hydrogen) atoms. The van der Waals surface area contributed by atoms with Crippen LogP contribution in [0.3, 0.4) is 0 Å². The molecule has 1 atom stereocenters. The summed E-state index contributed by atoms with van der Waals surface area (Å²) in [5.41, 5.74) is 2.21. The molecular weight excluding hydrogens is 252 g/mol. The molecule has 100 valence electrons. The van der Waals surface area contributed by atoms with Gasteiger partial charge in [0, 0.05) is 0 Å². The average Bonchev–Trinajstić information content (AvgIpc) is 2.74. The van der Waals surface area contributed by atoms with Crippen molar-refractivity contribution in [2.24, 2.45) is 0 Å². The number of carbonyl (C=O) groups excluding carboxylic acids is 1. The van der Waals surface area contributed by atoms with Crippen molar-refractivity contribution in [1.82, 2.24) is 10.3 Å². The second kappa shape index (κ2) is 7.10. The molecule has 2 N–H and O–H groups in total. The summed E-state index contributed by atoms with van der Waals surface area (Å²) < 4.78 is 0. The van der Waals surface area contributed by atoms with Crippen molar-refractivity contribution in [1.29, 1.82) is 0 Å². The van der Waals surface area contributed by atoms with E-state index in [4.69, 9.17) is 5.11 Å². The summed E-state index contributed by atoms with van der Waals surface area (Å²) in [5, 5.41) is 11.6. The van der Waals surface area contributed by atoms with Gasteiger partial charge in [-0.25, -0.2) is 9.78 Å². The van der Waals surface area contributed by atoms with Crippen LogP contribution in [0.2, 0.25) is 0 Å². The number of aromatic nitrogens is 1. The van der Waals surface area contributed by atoms with E-state index in [2.05, 4.69) is 17.2 Å². The number of rotatable bonds is 7. The summed E-state index contributed by atoms with van der Waals surface area (Å²) in [6.07, 6.45) is 3.26. The van der Waals surface area contributed by atoms with Gasteiger partial charge in [0.2, 0.25) is 0 Å². The Morgan fingerprint density at radius 2 is 2.22 bits per heavy atom. The number of carboxylic acids is 1. The van der Waals surface area contributed by atoms with Crippen molar-refractivity contribution in [3.05, 3.63) is 16.1 Å². The summed E-state index contributed by atoms with van der Waals surface area (Å²) in [6, 6.07) is -0.814. The van der Waals surface area contributed by atoms with Crippen molar-refractivity contribution in [3.63, 3.8) is 0 Å². The van der Waals surface area contributed by atoms with E-state index in [1.165, 1.54) is 11.3 Å². The first-order valence-corrected chi connectivity index (χ1v) is 6.88. The Morgan fingerprint density at radius 3 is 2.72 bits per heavy atom. The molecule has 1 aromatic rings. The van der Waals surface area contributed by atoms with E-state index >= 15 is 0 Å². The van der Waals surface area contributed by atoms with E-state index in [-0.39, 0.29) is 5.91 Å². The lowest BCUT2D eigenvalue weighted by molar-refractivity contribution is -0.139. The molecule has 0 radical (unpaired) electrons. The highest BCUT2D eigenvalue weighted by Crippen LogP contribution is 2.13. The summed E-state index contributed by atoms with van der Waals surface area (Å²) in [7, 11) is 0. The zero-order valence-corrected chi connectivity index (χ0v) is 11.4. The number of aryl methyl sites for hydroxylation is 1. The van der Waals surface area contributed by atoms with Crippen LogP contribution in [0.4, 0.5) is 0 Å². The van der Waals surface area contributed by atoms with Gasteiger partial charge in [0.05, 0.1) is 11.2 Å². The molecule has 1 amide bonds. The van der Waals surface area contributed by atoms with Crippen LogP contribution in [0.1, 0.15) is 48.0 Å². The molecule has 0 aliphatic rings. The van der Waals surface area contributed by atoms with Crippen molar-refractivity contribution in [2.75, 3.05) is 0 Å². The van der Waals surface area contributed by atoms with Crippen LogP contribution in [-0.4, -0.2) is 28.0 Å². The molecule has 0 aromatic carbocycles. The Hall–Kier alpha value is -1.43. The molecule has 0 fully saturated rings. The lowest BCUT2D eigenvalue weighted by Gasteiger charge is -2.13. The molecule has 6 heteroatoms. The van der Waals surface area contributed by atoms with Gasteiger partial charge in [-0.05, 0) is 13.3 Å². The second-order valence-corrected chi connectivity index (χ2v) is 4.98. The highest BCUT2D eigenvalue weighted by molar-refractivity contribution is 7.11. The molecule has 0 spiro atoms. The van der Waals surface area contributed by atoms with E-state index in [0.29, 0.717) is 17.0 Å². The van der Waals surface area contributed by atoms with E-state index < -0.39 is 12.0 Å². The SMILES string of the molecule is CCCCC[C@H](NC(=O)c1scnc1C)C(=O)O. The fourth-order valence-electron chi connectivity index (χ4n) is 1.60. The number of hydrogen-bond acceptors (Lipinski definition) is 4. The molecule has 0 bridgehead atoms. The van der Waals surface area contributed by atoms with Gasteiger partial charge < -0.3 is 10.4 Å². The van der Waals surface area contributed by atoms with Gasteiger partial charge >= 0.3 is 5.97 Å². The van der Waals surface area contributed by atoms with Crippen LogP contribution in [0.25, 0.3) is 0 Å². The second-order valence-electron chi connectivity index (χ2n) is 4.13. The maximum Gasteiger partial charge on any atom is 0.326 e. The lowest BCUT2D eigenvalue weighted by atomic mass is 10.1. The molecule has 1 rings (SSSR count). The quantitative estimate of drug-likeness (QED) is 0.744. The zero-order chi connectivity index (χ0) is 13.5. The maximum atomic E-state index is 11.9. The van der Waals surface area contributed by atoms with E-state index in [1.54, 1.807) is 12.4 Å². The number of carboxylic acid groups (broad SMARTS) is 1. The third-order valence-electron chi connectivity index (χ3n) is 2.65. The van der Waals surface area contributed by atoms with E-state index in [9.17, 15) is 9.59 Å². The van der Waals surface area contributed by atoms with Crippen molar-refractivity contribution >= 4 is 23.2 Å². The van der Waals surface area contributed by atoms with Gasteiger partial charge in [-0.3, -0.25) is 4.79 Å². The van der Waals surface area contributed by atoms with Gasteiger partial charge in [0.1, 0.15) is 10.9 Å². The molecular formula is C12H18N2O3S. The third-order valence-corrected chi connectivity index (χ3v) is 3.58. The highest BCUT2D eigenvalue weighted by atomic mass is 32.1. The van der Waals surface area contributed by atoms with Crippen LogP contribution in [0, 0.1) is 6.92 Å². The molecule has 5 nitrogen and oxygen atoms in total. The number of unbranched alkanes of at least 4 members (excludes halogenated alkanes) is 2. The molecule has 0 saturated carbocycles. The Morgan fingerprint density at radius 1 is 1.50 bits per heavy atom. The predicted octanol–water partition coefficient (Wildman–Crippen LogP) is 2.21. The van der Waals surface area contributed by atoms with E-state index in [1.807, 2.05) is 0 Å². The number of nitrogens with zero attached hydrogens (tertiary/aromatic N) is 1. The Balaban J connectivity index is 2.58. The molecule has 0 unspecified atom stereocenters. The van der Waals surface area contributed by atoms with Gasteiger partial charge in [-0.2, -0.15) is 0 Å². The number of nitrogens with one attached hydrogen (secondary N) is 1. The van der Waals surface area contributed by atoms with Crippen LogP contribution >= 0.6 is 11.3 Å². The molecule has 0 aliphatic carbocycles. The first-order chi connectivity index (χ1) is 8.56. The summed E-state index contributed by atoms with van der Waals surface area (Å²) in [5.74, 6) is -1.33. The Kier molecular flexibility index (Phi) is 5.77. The van der Waals surface area contributed by atoms with Gasteiger partial charge in [-0.1, -0.05) is 26.2 Å². The number of amides is 1. The molecule has 0 aliphatic heterocycles. The minimum atomic E-state index is -0.985. The normalized spacial score (nSPS) is 12.1. The summed E-state index contributed by atoms with van der Waals surface area (Å²) in [6.45, 7) is 3.79. The fourth-order valence-corrected chi connectivity index (χ4v) is 2.30. The highest BCUT2D eigenvalue weighted by Gasteiger charge is 2.21. The topological polar surface area (TPSA) is 79.3 Å². The van der Waals surface area contributed by atoms with Crippen LogP contribution in [-0.2, 0) is 4.79 Å². The first-order valence-electron chi connectivity index (χ1n) is 6.00. The maximum absolute atomic E-state index is 11.9. The minimum absolute atomic E-state index is 0.348. The molecule has 1 aromatic heterocycles. The summed E-state index contributed by atoms with van der Waals surface area (Å²) >= 11 is 1.22. The minimum Gasteiger partial charge on any atom is -0.480 e. The van der Waals surface area contributed by atoms with E-state index in [0.717, 1.165) is 19.3 Å². The predicted molar refractivity (Wildman–Crippen MR) is 69.9 cm³/mol. The number of hydrogen-bond donors (Lipinski definition) is 2.